The molecule has 0 spiro atoms. The van der Waals surface area contributed by atoms with Crippen LogP contribution >= 0.6 is 24.0 Å². The van der Waals surface area contributed by atoms with Crippen molar-refractivity contribution in [2.75, 3.05) is 26.2 Å². The Hall–Kier alpha value is -0.970. The van der Waals surface area contributed by atoms with Crippen LogP contribution in [0.2, 0.25) is 5.02 Å². The summed E-state index contributed by atoms with van der Waals surface area (Å²) in [7, 11) is 0. The molecule has 1 aromatic rings. The molecule has 112 valence electrons. The summed E-state index contributed by atoms with van der Waals surface area (Å²) in [4.78, 5) is 11.8. The molecular formula is C14H20Cl2N2O2. The standard InChI is InChI=1S/C14H19ClN2O2.ClH/c1-10(11-8-16-9-11)14(18)17-6-7-19-13-4-2-12(15)3-5-13;/h2-5,10-11,16H,6-9H2,1H3,(H,17,18);1H. The molecule has 2 N–H and O–H groups in total. The van der Waals surface area contributed by atoms with Gasteiger partial charge in [-0.25, -0.2) is 0 Å². The summed E-state index contributed by atoms with van der Waals surface area (Å²) in [6.07, 6.45) is 0. The highest BCUT2D eigenvalue weighted by Gasteiger charge is 2.28. The van der Waals surface area contributed by atoms with Crippen LogP contribution in [0.1, 0.15) is 6.92 Å². The van der Waals surface area contributed by atoms with E-state index in [1.807, 2.05) is 19.1 Å². The summed E-state index contributed by atoms with van der Waals surface area (Å²) in [5.74, 6) is 1.40. The van der Waals surface area contributed by atoms with Crippen LogP contribution in [0.3, 0.4) is 0 Å². The lowest BCUT2D eigenvalue weighted by molar-refractivity contribution is -0.126. The molecule has 1 atom stereocenters. The zero-order chi connectivity index (χ0) is 13.7. The highest BCUT2D eigenvalue weighted by atomic mass is 35.5. The lowest BCUT2D eigenvalue weighted by atomic mass is 9.88. The van der Waals surface area contributed by atoms with E-state index in [0.717, 1.165) is 18.8 Å². The average Bonchev–Trinajstić information content (AvgIpc) is 2.34. The molecule has 1 fully saturated rings. The normalized spacial score (nSPS) is 15.7. The van der Waals surface area contributed by atoms with E-state index in [2.05, 4.69) is 10.6 Å². The molecule has 0 aromatic heterocycles. The summed E-state index contributed by atoms with van der Waals surface area (Å²) in [5, 5.41) is 6.75. The van der Waals surface area contributed by atoms with Crippen molar-refractivity contribution in [3.8, 4) is 5.75 Å². The predicted molar refractivity (Wildman–Crippen MR) is 82.7 cm³/mol. The number of nitrogens with one attached hydrogen (secondary N) is 2. The van der Waals surface area contributed by atoms with Crippen LogP contribution in [0, 0.1) is 11.8 Å². The molecule has 1 unspecified atom stereocenters. The fourth-order valence-corrected chi connectivity index (χ4v) is 2.04. The second kappa shape index (κ2) is 8.35. The van der Waals surface area contributed by atoms with Gasteiger partial charge in [0.05, 0.1) is 6.54 Å². The Morgan fingerprint density at radius 2 is 2.10 bits per heavy atom. The minimum atomic E-state index is 0. The van der Waals surface area contributed by atoms with Gasteiger partial charge in [0, 0.05) is 10.9 Å². The third kappa shape index (κ3) is 4.85. The van der Waals surface area contributed by atoms with Gasteiger partial charge in [0.2, 0.25) is 5.91 Å². The predicted octanol–water partition coefficient (Wildman–Crippen LogP) is 2.11. The maximum absolute atomic E-state index is 11.8. The van der Waals surface area contributed by atoms with Gasteiger partial charge >= 0.3 is 0 Å². The Kier molecular flexibility index (Phi) is 7.13. The third-order valence-corrected chi connectivity index (χ3v) is 3.67. The summed E-state index contributed by atoms with van der Waals surface area (Å²) in [6, 6.07) is 7.18. The zero-order valence-corrected chi connectivity index (χ0v) is 13.0. The van der Waals surface area contributed by atoms with Gasteiger partial charge in [0.25, 0.3) is 0 Å². The Labute approximate surface area is 130 Å². The lowest BCUT2D eigenvalue weighted by Gasteiger charge is -2.31. The summed E-state index contributed by atoms with van der Waals surface area (Å²) in [6.45, 7) is 4.83. The van der Waals surface area contributed by atoms with Crippen LogP contribution in [-0.4, -0.2) is 32.1 Å². The van der Waals surface area contributed by atoms with E-state index >= 15 is 0 Å². The largest absolute Gasteiger partial charge is 0.492 e. The molecular weight excluding hydrogens is 299 g/mol. The van der Waals surface area contributed by atoms with Crippen molar-refractivity contribution in [3.63, 3.8) is 0 Å². The van der Waals surface area contributed by atoms with Gasteiger partial charge in [-0.15, -0.1) is 12.4 Å². The number of halogens is 2. The molecule has 0 bridgehead atoms. The third-order valence-electron chi connectivity index (χ3n) is 3.42. The molecule has 1 saturated heterocycles. The first-order valence-corrected chi connectivity index (χ1v) is 6.91. The summed E-state index contributed by atoms with van der Waals surface area (Å²) < 4.78 is 5.51. The van der Waals surface area contributed by atoms with Crippen LogP contribution in [0.5, 0.6) is 5.75 Å². The van der Waals surface area contributed by atoms with Gasteiger partial charge in [0.15, 0.2) is 0 Å². The number of amides is 1. The quantitative estimate of drug-likeness (QED) is 0.790. The monoisotopic (exact) mass is 318 g/mol. The van der Waals surface area contributed by atoms with Gasteiger partial charge in [-0.05, 0) is 43.3 Å². The van der Waals surface area contributed by atoms with Crippen molar-refractivity contribution in [2.24, 2.45) is 11.8 Å². The maximum atomic E-state index is 11.8. The highest BCUT2D eigenvalue weighted by Crippen LogP contribution is 2.16. The number of hydrogen-bond acceptors (Lipinski definition) is 3. The number of benzene rings is 1. The number of rotatable bonds is 6. The Bertz CT molecular complexity index is 422. The van der Waals surface area contributed by atoms with Crippen molar-refractivity contribution in [1.82, 2.24) is 10.6 Å². The van der Waals surface area contributed by atoms with E-state index in [0.29, 0.717) is 24.1 Å². The topological polar surface area (TPSA) is 50.4 Å². The van der Waals surface area contributed by atoms with Crippen LogP contribution < -0.4 is 15.4 Å². The lowest BCUT2D eigenvalue weighted by Crippen LogP contribution is -2.49. The smallest absolute Gasteiger partial charge is 0.223 e. The molecule has 1 amide bonds. The Balaban J connectivity index is 0.00000200. The van der Waals surface area contributed by atoms with Crippen molar-refractivity contribution < 1.29 is 9.53 Å². The van der Waals surface area contributed by atoms with Gasteiger partial charge in [-0.3, -0.25) is 4.79 Å². The fraction of sp³-hybridized carbons (Fsp3) is 0.500. The maximum Gasteiger partial charge on any atom is 0.223 e. The summed E-state index contributed by atoms with van der Waals surface area (Å²) >= 11 is 5.78. The molecule has 1 aliphatic heterocycles. The highest BCUT2D eigenvalue weighted by molar-refractivity contribution is 6.30. The molecule has 20 heavy (non-hydrogen) atoms. The number of carbonyl (C=O) groups excluding carboxylic acids is 1. The number of hydrogen-bond donors (Lipinski definition) is 2. The van der Waals surface area contributed by atoms with Crippen LogP contribution in [0.15, 0.2) is 24.3 Å². The van der Waals surface area contributed by atoms with Crippen molar-refractivity contribution in [1.29, 1.82) is 0 Å². The molecule has 0 saturated carbocycles. The molecule has 0 aliphatic carbocycles. The van der Waals surface area contributed by atoms with Gasteiger partial charge < -0.3 is 15.4 Å². The van der Waals surface area contributed by atoms with E-state index in [-0.39, 0.29) is 24.2 Å². The van der Waals surface area contributed by atoms with Crippen LogP contribution in [0.25, 0.3) is 0 Å². The molecule has 1 aliphatic rings. The molecule has 0 radical (unpaired) electrons. The molecule has 2 rings (SSSR count). The molecule has 1 aromatic carbocycles. The Morgan fingerprint density at radius 1 is 1.45 bits per heavy atom. The van der Waals surface area contributed by atoms with E-state index in [1.54, 1.807) is 12.1 Å². The van der Waals surface area contributed by atoms with Crippen molar-refractivity contribution in [2.45, 2.75) is 6.92 Å². The minimum absolute atomic E-state index is 0. The molecule has 6 heteroatoms. The Morgan fingerprint density at radius 3 is 2.65 bits per heavy atom. The van der Waals surface area contributed by atoms with Crippen LogP contribution in [-0.2, 0) is 4.79 Å². The van der Waals surface area contributed by atoms with E-state index in [4.69, 9.17) is 16.3 Å². The second-order valence-electron chi connectivity index (χ2n) is 4.80. The molecule has 4 nitrogen and oxygen atoms in total. The van der Waals surface area contributed by atoms with Gasteiger partial charge in [-0.2, -0.15) is 0 Å². The fourth-order valence-electron chi connectivity index (χ4n) is 1.91. The number of carbonyl (C=O) groups is 1. The van der Waals surface area contributed by atoms with Crippen molar-refractivity contribution in [3.05, 3.63) is 29.3 Å². The van der Waals surface area contributed by atoms with Gasteiger partial charge in [-0.1, -0.05) is 18.5 Å². The first-order valence-electron chi connectivity index (χ1n) is 6.53. The van der Waals surface area contributed by atoms with Crippen LogP contribution in [0.4, 0.5) is 0 Å². The first kappa shape index (κ1) is 17.1. The average molecular weight is 319 g/mol. The zero-order valence-electron chi connectivity index (χ0n) is 11.4. The van der Waals surface area contributed by atoms with Crippen molar-refractivity contribution >= 4 is 29.9 Å². The summed E-state index contributed by atoms with van der Waals surface area (Å²) in [5.41, 5.74) is 0. The minimum Gasteiger partial charge on any atom is -0.492 e. The number of ether oxygens (including phenoxy) is 1. The first-order chi connectivity index (χ1) is 9.16. The second-order valence-corrected chi connectivity index (χ2v) is 5.24. The van der Waals surface area contributed by atoms with E-state index < -0.39 is 0 Å². The van der Waals surface area contributed by atoms with E-state index in [1.165, 1.54) is 0 Å². The van der Waals surface area contributed by atoms with Gasteiger partial charge in [0.1, 0.15) is 12.4 Å². The SMILES string of the molecule is CC(C(=O)NCCOc1ccc(Cl)cc1)C1CNC1.Cl. The van der Waals surface area contributed by atoms with E-state index in [9.17, 15) is 4.79 Å². The molecule has 1 heterocycles.